The summed E-state index contributed by atoms with van der Waals surface area (Å²) in [7, 11) is 0. The van der Waals surface area contributed by atoms with Gasteiger partial charge in [-0.2, -0.15) is 0 Å². The van der Waals surface area contributed by atoms with Gasteiger partial charge in [0, 0.05) is 38.6 Å². The van der Waals surface area contributed by atoms with E-state index < -0.39 is 0 Å². The lowest BCUT2D eigenvalue weighted by Crippen LogP contribution is -2.00. The maximum Gasteiger partial charge on any atom is 0.160 e. The minimum atomic E-state index is 0.642. The Balaban J connectivity index is 1.24. The lowest BCUT2D eigenvalue weighted by molar-refractivity contribution is 0.671. The predicted octanol–water partition coefficient (Wildman–Crippen LogP) is 13.7. The first-order valence-electron chi connectivity index (χ1n) is 17.9. The zero-order valence-corrected chi connectivity index (χ0v) is 28.8. The van der Waals surface area contributed by atoms with Crippen molar-refractivity contribution in [2.24, 2.45) is 0 Å². The summed E-state index contributed by atoms with van der Waals surface area (Å²) in [4.78, 5) is 10.6. The van der Waals surface area contributed by atoms with Gasteiger partial charge in [-0.1, -0.05) is 164 Å². The molecule has 10 aromatic rings. The van der Waals surface area contributed by atoms with Gasteiger partial charge in [0.15, 0.2) is 5.82 Å². The Bertz CT molecular complexity index is 3000. The first-order valence-corrected chi connectivity index (χ1v) is 17.9. The highest BCUT2D eigenvalue weighted by Gasteiger charge is 2.23. The molecule has 53 heavy (non-hydrogen) atoms. The van der Waals surface area contributed by atoms with Crippen LogP contribution in [0.1, 0.15) is 5.56 Å². The van der Waals surface area contributed by atoms with Crippen molar-refractivity contribution < 1.29 is 4.42 Å². The van der Waals surface area contributed by atoms with Crippen LogP contribution in [-0.4, -0.2) is 9.97 Å². The fourth-order valence-electron chi connectivity index (χ4n) is 7.68. The molecule has 0 aliphatic heterocycles. The van der Waals surface area contributed by atoms with Gasteiger partial charge in [0.1, 0.15) is 11.2 Å². The molecule has 248 valence electrons. The number of rotatable bonds is 6. The highest BCUT2D eigenvalue weighted by Crippen LogP contribution is 2.45. The van der Waals surface area contributed by atoms with Gasteiger partial charge in [0.05, 0.1) is 11.4 Å². The van der Waals surface area contributed by atoms with Crippen LogP contribution in [0.15, 0.2) is 187 Å². The normalized spacial score (nSPS) is 11.5. The van der Waals surface area contributed by atoms with Crippen LogP contribution in [0.5, 0.6) is 0 Å². The fraction of sp³-hybridized carbons (Fsp3) is 0. The Morgan fingerprint density at radius 3 is 1.79 bits per heavy atom. The minimum Gasteiger partial charge on any atom is -0.455 e. The second kappa shape index (κ2) is 12.6. The molecule has 3 heteroatoms. The third-order valence-electron chi connectivity index (χ3n) is 10.2. The summed E-state index contributed by atoms with van der Waals surface area (Å²) in [5, 5.41) is 6.74. The Hall–Kier alpha value is -7.10. The van der Waals surface area contributed by atoms with Crippen molar-refractivity contribution >= 4 is 49.6 Å². The van der Waals surface area contributed by atoms with Gasteiger partial charge >= 0.3 is 0 Å². The summed E-state index contributed by atoms with van der Waals surface area (Å²) < 4.78 is 7.04. The van der Waals surface area contributed by atoms with Crippen molar-refractivity contribution in [1.82, 2.24) is 9.97 Å². The van der Waals surface area contributed by atoms with Crippen molar-refractivity contribution in [1.29, 1.82) is 0 Å². The molecule has 0 spiro atoms. The highest BCUT2D eigenvalue weighted by molar-refractivity contribution is 6.20. The van der Waals surface area contributed by atoms with E-state index in [1.807, 2.05) is 36.4 Å². The van der Waals surface area contributed by atoms with E-state index in [9.17, 15) is 0 Å². The van der Waals surface area contributed by atoms with E-state index in [0.717, 1.165) is 77.5 Å². The van der Waals surface area contributed by atoms with Crippen molar-refractivity contribution in [2.75, 3.05) is 0 Å². The lowest BCUT2D eigenvalue weighted by atomic mass is 9.94. The van der Waals surface area contributed by atoms with Gasteiger partial charge in [-0.3, -0.25) is 0 Å². The van der Waals surface area contributed by atoms with E-state index in [0.29, 0.717) is 5.82 Å². The Morgan fingerprint density at radius 1 is 0.415 bits per heavy atom. The number of fused-ring (bicyclic) bond motifs is 5. The van der Waals surface area contributed by atoms with Gasteiger partial charge in [0.2, 0.25) is 0 Å². The molecule has 0 N–H and O–H groups in total. The molecule has 0 amide bonds. The van der Waals surface area contributed by atoms with Crippen LogP contribution < -0.4 is 0 Å². The Kier molecular flexibility index (Phi) is 7.29. The van der Waals surface area contributed by atoms with Crippen LogP contribution in [0.25, 0.3) is 106 Å². The summed E-state index contributed by atoms with van der Waals surface area (Å²) in [6, 6.07) is 61.5. The summed E-state index contributed by atoms with van der Waals surface area (Å²) in [5.41, 5.74) is 11.5. The number of hydrogen-bond acceptors (Lipinski definition) is 3. The second-order valence-corrected chi connectivity index (χ2v) is 13.4. The third-order valence-corrected chi connectivity index (χ3v) is 10.2. The molecular formula is C50H32N2O. The van der Waals surface area contributed by atoms with E-state index in [1.54, 1.807) is 0 Å². The van der Waals surface area contributed by atoms with E-state index in [4.69, 9.17) is 14.4 Å². The molecule has 2 heterocycles. The van der Waals surface area contributed by atoms with Gasteiger partial charge in [-0.15, -0.1) is 0 Å². The second-order valence-electron chi connectivity index (χ2n) is 13.4. The quantitative estimate of drug-likeness (QED) is 0.176. The van der Waals surface area contributed by atoms with Gasteiger partial charge < -0.3 is 4.42 Å². The van der Waals surface area contributed by atoms with Gasteiger partial charge in [0.25, 0.3) is 0 Å². The van der Waals surface area contributed by atoms with Crippen molar-refractivity contribution in [3.63, 3.8) is 0 Å². The molecule has 2 aromatic heterocycles. The predicted molar refractivity (Wildman–Crippen MR) is 222 cm³/mol. The smallest absolute Gasteiger partial charge is 0.160 e. The Labute approximate surface area is 307 Å². The molecule has 8 aromatic carbocycles. The van der Waals surface area contributed by atoms with Crippen LogP contribution in [0.4, 0.5) is 0 Å². The van der Waals surface area contributed by atoms with Gasteiger partial charge in [-0.05, 0) is 62.5 Å². The standard InChI is InChI=1S/C50H32N2O/c1-2-40-46(38-28-26-33-25-27-36(29-39(33)30-38)32-15-6-3-7-16-32)51-50(35-19-10-5-11-20-35)52-47(40)43-24-14-23-42-44-31-37-21-12-13-22-41(37)45(49(44)53-48(42)43)34-17-8-4-9-18-34/h2-31H,1H2. The van der Waals surface area contributed by atoms with E-state index in [2.05, 4.69) is 152 Å². The van der Waals surface area contributed by atoms with Crippen molar-refractivity contribution in [2.45, 2.75) is 0 Å². The molecule has 0 aliphatic rings. The molecule has 0 fully saturated rings. The monoisotopic (exact) mass is 676 g/mol. The van der Waals surface area contributed by atoms with E-state index >= 15 is 0 Å². The molecule has 0 aliphatic carbocycles. The maximum absolute atomic E-state index is 7.04. The molecule has 0 bridgehead atoms. The average Bonchev–Trinajstić information content (AvgIpc) is 3.61. The largest absolute Gasteiger partial charge is 0.455 e. The van der Waals surface area contributed by atoms with Crippen molar-refractivity contribution in [3.8, 4) is 56.2 Å². The summed E-state index contributed by atoms with van der Waals surface area (Å²) in [6.07, 6.45) is 1.88. The van der Waals surface area contributed by atoms with Crippen LogP contribution in [-0.2, 0) is 0 Å². The SMILES string of the molecule is C=Cc1c(-c2ccc3ccc(-c4ccccc4)cc3c2)nc(-c2ccccc2)nc1-c1cccc2c1oc1c(-c3ccccc3)c3ccccc3cc12. The zero-order valence-electron chi connectivity index (χ0n) is 28.8. The first kappa shape index (κ1) is 30.7. The summed E-state index contributed by atoms with van der Waals surface area (Å²) >= 11 is 0. The van der Waals surface area contributed by atoms with Crippen molar-refractivity contribution in [3.05, 3.63) is 188 Å². The molecule has 0 saturated carbocycles. The molecule has 0 unspecified atom stereocenters. The van der Waals surface area contributed by atoms with Gasteiger partial charge in [-0.25, -0.2) is 9.97 Å². The van der Waals surface area contributed by atoms with Crippen LogP contribution in [0.3, 0.4) is 0 Å². The molecule has 0 atom stereocenters. The van der Waals surface area contributed by atoms with Crippen LogP contribution in [0, 0.1) is 0 Å². The zero-order chi connectivity index (χ0) is 35.3. The number of nitrogens with zero attached hydrogens (tertiary/aromatic N) is 2. The molecular weight excluding hydrogens is 645 g/mol. The summed E-state index contributed by atoms with van der Waals surface area (Å²) in [5.74, 6) is 0.642. The number of aromatic nitrogens is 2. The number of benzene rings is 8. The van der Waals surface area contributed by atoms with Crippen LogP contribution >= 0.6 is 0 Å². The maximum atomic E-state index is 7.04. The Morgan fingerprint density at radius 2 is 1.04 bits per heavy atom. The van der Waals surface area contributed by atoms with E-state index in [1.165, 1.54) is 21.9 Å². The van der Waals surface area contributed by atoms with Crippen LogP contribution in [0.2, 0.25) is 0 Å². The first-order chi connectivity index (χ1) is 26.2. The number of furan rings is 1. The molecule has 3 nitrogen and oxygen atoms in total. The minimum absolute atomic E-state index is 0.642. The molecule has 0 saturated heterocycles. The average molecular weight is 677 g/mol. The molecule has 0 radical (unpaired) electrons. The lowest BCUT2D eigenvalue weighted by Gasteiger charge is -2.15. The fourth-order valence-corrected chi connectivity index (χ4v) is 7.68. The van der Waals surface area contributed by atoms with E-state index in [-0.39, 0.29) is 0 Å². The summed E-state index contributed by atoms with van der Waals surface area (Å²) in [6.45, 7) is 4.32. The molecule has 10 rings (SSSR count). The number of para-hydroxylation sites is 1. The highest BCUT2D eigenvalue weighted by atomic mass is 16.3. The topological polar surface area (TPSA) is 38.9 Å². The third kappa shape index (κ3) is 5.21. The number of hydrogen-bond donors (Lipinski definition) is 0.